The third-order valence-electron chi connectivity index (χ3n) is 10.6. The van der Waals surface area contributed by atoms with Crippen LogP contribution in [0.3, 0.4) is 0 Å². The molecule has 3 aromatic rings. The molecular weight excluding hydrogens is 722 g/mol. The van der Waals surface area contributed by atoms with Crippen molar-refractivity contribution in [2.75, 3.05) is 39.3 Å². The van der Waals surface area contributed by atoms with Crippen LogP contribution < -0.4 is 10.5 Å². The molecular formula is C38H44F6N4O4S. The van der Waals surface area contributed by atoms with Crippen LogP contribution in [-0.4, -0.2) is 79.8 Å². The van der Waals surface area contributed by atoms with Gasteiger partial charge in [0, 0.05) is 38.8 Å². The Hall–Kier alpha value is -3.66. The number of sulfonamides is 1. The second-order valence-electron chi connectivity index (χ2n) is 14.2. The van der Waals surface area contributed by atoms with Gasteiger partial charge in [-0.15, -0.1) is 0 Å². The molecule has 0 spiro atoms. The molecule has 2 N–H and O–H groups in total. The van der Waals surface area contributed by atoms with Gasteiger partial charge in [0.05, 0.1) is 28.7 Å². The second kappa shape index (κ2) is 16.0. The summed E-state index contributed by atoms with van der Waals surface area (Å²) in [6.07, 6.45) is -2.45. The zero-order valence-corrected chi connectivity index (χ0v) is 30.0. The smallest absolute Gasteiger partial charge is 0.416 e. The van der Waals surface area contributed by atoms with Crippen LogP contribution in [0.5, 0.6) is 5.75 Å². The number of amides is 1. The fourth-order valence-electron chi connectivity index (χ4n) is 7.58. The number of piperazine rings is 1. The zero-order chi connectivity index (χ0) is 38.0. The Kier molecular flexibility index (Phi) is 11.8. The van der Waals surface area contributed by atoms with Gasteiger partial charge in [0.2, 0.25) is 15.9 Å². The van der Waals surface area contributed by atoms with Crippen LogP contribution in [0.2, 0.25) is 0 Å². The van der Waals surface area contributed by atoms with Gasteiger partial charge in [0.1, 0.15) is 11.8 Å². The minimum Gasteiger partial charge on any atom is -0.493 e. The Balaban J connectivity index is 1.31. The maximum absolute atomic E-state index is 14.3. The molecule has 3 aromatic carbocycles. The van der Waals surface area contributed by atoms with Crippen molar-refractivity contribution in [3.63, 3.8) is 0 Å². The predicted molar refractivity (Wildman–Crippen MR) is 186 cm³/mol. The van der Waals surface area contributed by atoms with E-state index < -0.39 is 51.5 Å². The Labute approximate surface area is 305 Å². The van der Waals surface area contributed by atoms with E-state index in [2.05, 4.69) is 0 Å². The highest BCUT2D eigenvalue weighted by Gasteiger charge is 2.44. The van der Waals surface area contributed by atoms with Gasteiger partial charge in [-0.25, -0.2) is 8.42 Å². The number of benzene rings is 3. The first-order valence-corrected chi connectivity index (χ1v) is 19.4. The van der Waals surface area contributed by atoms with Crippen molar-refractivity contribution < 1.29 is 44.3 Å². The van der Waals surface area contributed by atoms with Crippen LogP contribution in [0, 0.1) is 5.92 Å². The van der Waals surface area contributed by atoms with Crippen molar-refractivity contribution in [1.29, 1.82) is 0 Å². The minimum absolute atomic E-state index is 0.0309. The number of carbonyl (C=O) groups is 1. The van der Waals surface area contributed by atoms with Gasteiger partial charge in [-0.1, -0.05) is 43.5 Å². The standard InChI is InChI=1S/C38H44F6N4O4S/c39-37(40,41)29-10-6-27(7-11-29)35(28-8-12-30(13-9-28)38(42,43)44)47-22-23-48(34(24-47)36(49)46-20-18-31(45)19-21-46)53(50,51)33-16-14-32(15-17-33)52-25-26-4-2-1-3-5-26/h6-17,26,31,34-35H,1-5,18-25,45H2/t34-/m0/s1. The van der Waals surface area contributed by atoms with E-state index >= 15 is 0 Å². The molecule has 2 aliphatic heterocycles. The molecule has 0 aromatic heterocycles. The minimum atomic E-state index is -4.61. The highest BCUT2D eigenvalue weighted by Crippen LogP contribution is 2.37. The number of hydrogen-bond acceptors (Lipinski definition) is 6. The van der Waals surface area contributed by atoms with E-state index in [-0.39, 0.29) is 30.6 Å². The molecule has 3 fully saturated rings. The van der Waals surface area contributed by atoms with Crippen molar-refractivity contribution >= 4 is 15.9 Å². The maximum atomic E-state index is 14.3. The molecule has 2 saturated heterocycles. The number of nitrogens with zero attached hydrogens (tertiary/aromatic N) is 3. The van der Waals surface area contributed by atoms with E-state index in [4.69, 9.17) is 10.5 Å². The third-order valence-corrected chi connectivity index (χ3v) is 12.5. The van der Waals surface area contributed by atoms with Crippen LogP contribution in [-0.2, 0) is 27.2 Å². The van der Waals surface area contributed by atoms with Gasteiger partial charge in [-0.2, -0.15) is 30.6 Å². The summed E-state index contributed by atoms with van der Waals surface area (Å²) in [4.78, 5) is 17.6. The number of ether oxygens (including phenoxy) is 1. The summed E-state index contributed by atoms with van der Waals surface area (Å²) in [7, 11) is -4.25. The van der Waals surface area contributed by atoms with E-state index in [1.165, 1.54) is 42.8 Å². The van der Waals surface area contributed by atoms with Crippen LogP contribution in [0.25, 0.3) is 0 Å². The highest BCUT2D eigenvalue weighted by molar-refractivity contribution is 7.89. The lowest BCUT2D eigenvalue weighted by Gasteiger charge is -2.45. The zero-order valence-electron chi connectivity index (χ0n) is 29.2. The molecule has 6 rings (SSSR count). The number of likely N-dealkylation sites (tertiary alicyclic amines) is 1. The molecule has 3 aliphatic rings. The molecule has 0 unspecified atom stereocenters. The summed E-state index contributed by atoms with van der Waals surface area (Å²) in [6.45, 7) is 0.878. The molecule has 1 amide bonds. The quantitative estimate of drug-likeness (QED) is 0.234. The average molecular weight is 767 g/mol. The summed E-state index contributed by atoms with van der Waals surface area (Å²) in [5.74, 6) is 0.539. The lowest BCUT2D eigenvalue weighted by molar-refractivity contribution is -0.139. The SMILES string of the molecule is NC1CCN(C(=O)[C@@H]2CN(C(c3ccc(C(F)(F)F)cc3)c3ccc(C(F)(F)F)cc3)CCN2S(=O)(=O)c2ccc(OCC3CCCCC3)cc2)CC1. The summed E-state index contributed by atoms with van der Waals surface area (Å²) >= 11 is 0. The van der Waals surface area contributed by atoms with Crippen molar-refractivity contribution in [2.24, 2.45) is 11.7 Å². The number of halogens is 6. The third kappa shape index (κ3) is 9.18. The number of nitrogens with two attached hydrogens (primary N) is 1. The number of alkyl halides is 6. The summed E-state index contributed by atoms with van der Waals surface area (Å²) < 4.78 is 117. The van der Waals surface area contributed by atoms with Gasteiger partial charge >= 0.3 is 12.4 Å². The largest absolute Gasteiger partial charge is 0.493 e. The van der Waals surface area contributed by atoms with Gasteiger partial charge in [-0.05, 0) is 91.3 Å². The van der Waals surface area contributed by atoms with Gasteiger partial charge < -0.3 is 15.4 Å². The van der Waals surface area contributed by atoms with Crippen LogP contribution >= 0.6 is 0 Å². The molecule has 0 bridgehead atoms. The monoisotopic (exact) mass is 766 g/mol. The molecule has 53 heavy (non-hydrogen) atoms. The average Bonchev–Trinajstić information content (AvgIpc) is 3.14. The Bertz CT molecular complexity index is 1730. The second-order valence-corrected chi connectivity index (χ2v) is 16.1. The number of rotatable bonds is 9. The summed E-state index contributed by atoms with van der Waals surface area (Å²) in [5, 5.41) is 0. The first-order chi connectivity index (χ1) is 25.1. The van der Waals surface area contributed by atoms with Crippen molar-refractivity contribution in [2.45, 2.75) is 80.3 Å². The molecule has 1 aliphatic carbocycles. The number of hydrogen-bond donors (Lipinski definition) is 1. The first kappa shape index (κ1) is 39.0. The normalized spacial score (nSPS) is 20.5. The molecule has 1 atom stereocenters. The maximum Gasteiger partial charge on any atom is 0.416 e. The van der Waals surface area contributed by atoms with Crippen molar-refractivity contribution in [3.05, 3.63) is 95.1 Å². The molecule has 0 radical (unpaired) electrons. The predicted octanol–water partition coefficient (Wildman–Crippen LogP) is 7.10. The van der Waals surface area contributed by atoms with Gasteiger partial charge in [-0.3, -0.25) is 9.69 Å². The Morgan fingerprint density at radius 2 is 1.26 bits per heavy atom. The fourth-order valence-corrected chi connectivity index (χ4v) is 9.14. The lowest BCUT2D eigenvalue weighted by atomic mass is 9.90. The topological polar surface area (TPSA) is 96.2 Å². The van der Waals surface area contributed by atoms with Crippen LogP contribution in [0.15, 0.2) is 77.7 Å². The summed E-state index contributed by atoms with van der Waals surface area (Å²) in [5.41, 5.74) is 4.97. The number of piperidine rings is 1. The Morgan fingerprint density at radius 3 is 1.77 bits per heavy atom. The van der Waals surface area contributed by atoms with E-state index in [1.54, 1.807) is 21.9 Å². The fraction of sp³-hybridized carbons (Fsp3) is 0.500. The molecule has 15 heteroatoms. The summed E-state index contributed by atoms with van der Waals surface area (Å²) in [6, 6.07) is 12.5. The Morgan fingerprint density at radius 1 is 0.736 bits per heavy atom. The number of carbonyl (C=O) groups excluding carboxylic acids is 1. The molecule has 288 valence electrons. The van der Waals surface area contributed by atoms with E-state index in [0.29, 0.717) is 55.3 Å². The highest BCUT2D eigenvalue weighted by atomic mass is 32.2. The first-order valence-electron chi connectivity index (χ1n) is 18.0. The van der Waals surface area contributed by atoms with E-state index in [1.807, 2.05) is 0 Å². The molecule has 8 nitrogen and oxygen atoms in total. The van der Waals surface area contributed by atoms with Crippen molar-refractivity contribution in [1.82, 2.24) is 14.1 Å². The van der Waals surface area contributed by atoms with Crippen LogP contribution in [0.4, 0.5) is 26.3 Å². The van der Waals surface area contributed by atoms with E-state index in [0.717, 1.165) is 54.3 Å². The van der Waals surface area contributed by atoms with Gasteiger partial charge in [0.15, 0.2) is 0 Å². The van der Waals surface area contributed by atoms with Crippen LogP contribution in [0.1, 0.15) is 73.2 Å². The van der Waals surface area contributed by atoms with Crippen molar-refractivity contribution in [3.8, 4) is 5.75 Å². The van der Waals surface area contributed by atoms with Gasteiger partial charge in [0.25, 0.3) is 0 Å². The van der Waals surface area contributed by atoms with E-state index in [9.17, 15) is 39.6 Å². The molecule has 1 saturated carbocycles. The molecule has 2 heterocycles. The lowest BCUT2D eigenvalue weighted by Crippen LogP contribution is -2.62.